The molecular formula is C6H12N2O2. The normalized spacial score (nSPS) is 9.10. The van der Waals surface area contributed by atoms with Gasteiger partial charge in [-0.3, -0.25) is 14.5 Å². The van der Waals surface area contributed by atoms with Gasteiger partial charge in [0.25, 0.3) is 0 Å². The van der Waals surface area contributed by atoms with Crippen molar-refractivity contribution in [3.63, 3.8) is 0 Å². The average molecular weight is 144 g/mol. The standard InChI is InChI=1S/C6H12N2O2/c1-3-5(9)8(2)6(10)4-7/h3-4,7H2,1-2H3. The van der Waals surface area contributed by atoms with E-state index in [1.165, 1.54) is 7.05 Å². The molecule has 0 aromatic carbocycles. The maximum Gasteiger partial charge on any atom is 0.242 e. The summed E-state index contributed by atoms with van der Waals surface area (Å²) in [5.74, 6) is -0.540. The molecule has 10 heavy (non-hydrogen) atoms. The van der Waals surface area contributed by atoms with E-state index in [-0.39, 0.29) is 18.4 Å². The highest BCUT2D eigenvalue weighted by molar-refractivity contribution is 5.95. The second-order valence-electron chi connectivity index (χ2n) is 1.90. The molecule has 2 N–H and O–H groups in total. The molecule has 2 amide bonds. The van der Waals surface area contributed by atoms with E-state index in [4.69, 9.17) is 5.73 Å². The number of hydrogen-bond acceptors (Lipinski definition) is 3. The molecule has 0 rings (SSSR count). The van der Waals surface area contributed by atoms with Crippen LogP contribution in [0.25, 0.3) is 0 Å². The van der Waals surface area contributed by atoms with Gasteiger partial charge < -0.3 is 5.73 Å². The minimum absolute atomic E-state index is 0.109. The number of likely N-dealkylation sites (N-methyl/N-ethyl adjacent to an activating group) is 1. The molecule has 4 heteroatoms. The molecule has 0 saturated heterocycles. The van der Waals surface area contributed by atoms with Gasteiger partial charge in [-0.25, -0.2) is 0 Å². The number of rotatable bonds is 2. The van der Waals surface area contributed by atoms with E-state index in [0.717, 1.165) is 4.90 Å². The molecule has 0 aromatic rings. The first kappa shape index (κ1) is 9.10. The zero-order chi connectivity index (χ0) is 8.15. The lowest BCUT2D eigenvalue weighted by Gasteiger charge is -2.11. The number of nitrogens with zero attached hydrogens (tertiary/aromatic N) is 1. The summed E-state index contributed by atoms with van der Waals surface area (Å²) in [6, 6.07) is 0. The van der Waals surface area contributed by atoms with Crippen LogP contribution in [0.15, 0.2) is 0 Å². The maximum absolute atomic E-state index is 10.8. The van der Waals surface area contributed by atoms with E-state index in [1.807, 2.05) is 0 Å². The Morgan fingerprint density at radius 1 is 1.40 bits per heavy atom. The number of hydrogen-bond donors (Lipinski definition) is 1. The summed E-state index contributed by atoms with van der Waals surface area (Å²) < 4.78 is 0. The Bertz CT molecular complexity index is 129. The van der Waals surface area contributed by atoms with E-state index >= 15 is 0 Å². The van der Waals surface area contributed by atoms with Gasteiger partial charge in [-0.05, 0) is 0 Å². The molecule has 0 saturated carbocycles. The van der Waals surface area contributed by atoms with Crippen LogP contribution in [0.4, 0.5) is 0 Å². The van der Waals surface area contributed by atoms with E-state index in [2.05, 4.69) is 0 Å². The Kier molecular flexibility index (Phi) is 3.64. The van der Waals surface area contributed by atoms with Gasteiger partial charge in [-0.1, -0.05) is 6.92 Å². The highest BCUT2D eigenvalue weighted by Gasteiger charge is 2.11. The number of carbonyl (C=O) groups excluding carboxylic acids is 2. The third-order valence-corrected chi connectivity index (χ3v) is 1.23. The lowest BCUT2D eigenvalue weighted by molar-refractivity contribution is -0.142. The van der Waals surface area contributed by atoms with Crippen molar-refractivity contribution in [1.29, 1.82) is 0 Å². The van der Waals surface area contributed by atoms with Gasteiger partial charge >= 0.3 is 0 Å². The van der Waals surface area contributed by atoms with Crippen LogP contribution < -0.4 is 5.73 Å². The van der Waals surface area contributed by atoms with Crippen LogP contribution in [0.2, 0.25) is 0 Å². The molecule has 0 heterocycles. The van der Waals surface area contributed by atoms with Crippen molar-refractivity contribution in [3.8, 4) is 0 Å². The molecule has 0 aliphatic rings. The average Bonchev–Trinajstić information content (AvgIpc) is 2.00. The van der Waals surface area contributed by atoms with Crippen molar-refractivity contribution in [1.82, 2.24) is 4.90 Å². The molecule has 0 aliphatic carbocycles. The summed E-state index contributed by atoms with van der Waals surface area (Å²) in [6.07, 6.45) is 0.336. The Morgan fingerprint density at radius 2 is 1.90 bits per heavy atom. The predicted molar refractivity (Wildman–Crippen MR) is 37.1 cm³/mol. The molecule has 0 unspecified atom stereocenters. The van der Waals surface area contributed by atoms with Crippen LogP contribution in [0.1, 0.15) is 13.3 Å². The third kappa shape index (κ3) is 2.14. The number of imide groups is 1. The van der Waals surface area contributed by atoms with Crippen LogP contribution in [0.5, 0.6) is 0 Å². The monoisotopic (exact) mass is 144 g/mol. The fraction of sp³-hybridized carbons (Fsp3) is 0.667. The van der Waals surface area contributed by atoms with Crippen molar-refractivity contribution in [2.75, 3.05) is 13.6 Å². The van der Waals surface area contributed by atoms with E-state index in [1.54, 1.807) is 6.92 Å². The molecule has 0 bridgehead atoms. The fourth-order valence-corrected chi connectivity index (χ4v) is 0.513. The zero-order valence-corrected chi connectivity index (χ0v) is 6.26. The van der Waals surface area contributed by atoms with E-state index in [9.17, 15) is 9.59 Å². The van der Waals surface area contributed by atoms with Gasteiger partial charge in [-0.2, -0.15) is 0 Å². The van der Waals surface area contributed by atoms with Gasteiger partial charge in [0.1, 0.15) is 0 Å². The molecule has 0 aliphatic heterocycles. The SMILES string of the molecule is CCC(=O)N(C)C(=O)CN. The first-order valence-electron chi connectivity index (χ1n) is 3.13. The number of amides is 2. The Hall–Kier alpha value is -0.900. The largest absolute Gasteiger partial charge is 0.322 e. The lowest BCUT2D eigenvalue weighted by atomic mass is 10.4. The van der Waals surface area contributed by atoms with Gasteiger partial charge in [0.2, 0.25) is 11.8 Å². The lowest BCUT2D eigenvalue weighted by Crippen LogP contribution is -2.36. The summed E-state index contributed by atoms with van der Waals surface area (Å²) in [7, 11) is 1.43. The topological polar surface area (TPSA) is 63.4 Å². The Balaban J connectivity index is 3.94. The Labute approximate surface area is 60.0 Å². The van der Waals surface area contributed by atoms with Crippen LogP contribution in [0.3, 0.4) is 0 Å². The van der Waals surface area contributed by atoms with Crippen LogP contribution in [-0.2, 0) is 9.59 Å². The predicted octanol–water partition coefficient (Wildman–Crippen LogP) is -0.660. The Morgan fingerprint density at radius 3 is 2.20 bits per heavy atom. The minimum atomic E-state index is -0.341. The quantitative estimate of drug-likeness (QED) is 0.559. The minimum Gasteiger partial charge on any atom is -0.322 e. The van der Waals surface area contributed by atoms with Gasteiger partial charge in [0.05, 0.1) is 6.54 Å². The van der Waals surface area contributed by atoms with Crippen molar-refractivity contribution in [2.45, 2.75) is 13.3 Å². The number of nitrogens with two attached hydrogens (primary N) is 1. The summed E-state index contributed by atoms with van der Waals surface area (Å²) >= 11 is 0. The van der Waals surface area contributed by atoms with Crippen molar-refractivity contribution < 1.29 is 9.59 Å². The van der Waals surface area contributed by atoms with Gasteiger partial charge in [0.15, 0.2) is 0 Å². The third-order valence-electron chi connectivity index (χ3n) is 1.23. The second-order valence-corrected chi connectivity index (χ2v) is 1.90. The van der Waals surface area contributed by atoms with Crippen LogP contribution >= 0.6 is 0 Å². The summed E-state index contributed by atoms with van der Waals surface area (Å²) in [5.41, 5.74) is 5.02. The summed E-state index contributed by atoms with van der Waals surface area (Å²) in [5, 5.41) is 0. The van der Waals surface area contributed by atoms with Crippen LogP contribution in [-0.4, -0.2) is 30.3 Å². The highest BCUT2D eigenvalue weighted by Crippen LogP contribution is 1.88. The molecule has 0 fully saturated rings. The van der Waals surface area contributed by atoms with Gasteiger partial charge in [-0.15, -0.1) is 0 Å². The van der Waals surface area contributed by atoms with Crippen molar-refractivity contribution in [2.24, 2.45) is 5.73 Å². The van der Waals surface area contributed by atoms with Gasteiger partial charge in [0, 0.05) is 13.5 Å². The van der Waals surface area contributed by atoms with Crippen molar-refractivity contribution >= 4 is 11.8 Å². The molecule has 0 aromatic heterocycles. The fourth-order valence-electron chi connectivity index (χ4n) is 0.513. The summed E-state index contributed by atoms with van der Waals surface area (Å²) in [4.78, 5) is 22.5. The molecular weight excluding hydrogens is 132 g/mol. The first-order chi connectivity index (χ1) is 4.63. The van der Waals surface area contributed by atoms with Crippen molar-refractivity contribution in [3.05, 3.63) is 0 Å². The van der Waals surface area contributed by atoms with E-state index in [0.29, 0.717) is 6.42 Å². The maximum atomic E-state index is 10.8. The van der Waals surface area contributed by atoms with Crippen LogP contribution in [0, 0.1) is 0 Å². The second kappa shape index (κ2) is 4.00. The smallest absolute Gasteiger partial charge is 0.242 e. The molecule has 0 atom stereocenters. The molecule has 58 valence electrons. The summed E-state index contributed by atoms with van der Waals surface area (Å²) in [6.45, 7) is 1.59. The van der Waals surface area contributed by atoms with E-state index < -0.39 is 0 Å². The first-order valence-corrected chi connectivity index (χ1v) is 3.13. The zero-order valence-electron chi connectivity index (χ0n) is 6.26. The number of carbonyl (C=O) groups is 2. The molecule has 4 nitrogen and oxygen atoms in total. The highest BCUT2D eigenvalue weighted by atomic mass is 16.2. The molecule has 0 radical (unpaired) electrons. The molecule has 0 spiro atoms.